The molecule has 0 spiro atoms. The number of amides is 2. The second kappa shape index (κ2) is 8.47. The molecule has 3 aliphatic rings. The maximum Gasteiger partial charge on any atom is 0.417 e. The zero-order chi connectivity index (χ0) is 28.6. The van der Waals surface area contributed by atoms with E-state index in [1.54, 1.807) is 0 Å². The van der Waals surface area contributed by atoms with E-state index in [4.69, 9.17) is 23.8 Å². The van der Waals surface area contributed by atoms with E-state index in [0.717, 1.165) is 0 Å². The standard InChI is InChI=1S/C24H19ClF5N3O4/c1-23(2)36-19-18(21(34)32(3)16-8-12(25)13(26)9-14(16)27)33(22(35)20(19)37-23)17-7-11(24(28,29)30)10-5-4-6-15(10)31-17/h4-5,7-9,18-20H,6H2,1-3H3/t18-,19-,20-/m0/s1/i3D2. The fourth-order valence-corrected chi connectivity index (χ4v) is 4.84. The van der Waals surface area contributed by atoms with E-state index in [9.17, 15) is 31.5 Å². The van der Waals surface area contributed by atoms with Crippen LogP contribution in [0.15, 0.2) is 24.3 Å². The van der Waals surface area contributed by atoms with E-state index in [2.05, 4.69) is 4.98 Å². The molecule has 37 heavy (non-hydrogen) atoms. The van der Waals surface area contributed by atoms with Crippen molar-refractivity contribution in [2.45, 2.75) is 50.5 Å². The maximum atomic E-state index is 14.8. The fourth-order valence-electron chi connectivity index (χ4n) is 4.68. The van der Waals surface area contributed by atoms with Crippen LogP contribution in [0.5, 0.6) is 0 Å². The molecule has 0 N–H and O–H groups in total. The largest absolute Gasteiger partial charge is 0.417 e. The second-order valence-corrected chi connectivity index (χ2v) is 9.50. The number of hydrogen-bond acceptors (Lipinski definition) is 5. The molecule has 0 radical (unpaired) electrons. The van der Waals surface area contributed by atoms with Crippen molar-refractivity contribution < 1.29 is 43.8 Å². The van der Waals surface area contributed by atoms with E-state index in [-0.39, 0.29) is 17.7 Å². The van der Waals surface area contributed by atoms with Crippen LogP contribution in [0.2, 0.25) is 5.02 Å². The number of likely N-dealkylation sites (N-methyl/N-ethyl adjacent to an activating group) is 1. The van der Waals surface area contributed by atoms with Crippen LogP contribution < -0.4 is 9.80 Å². The Morgan fingerprint density at radius 3 is 2.65 bits per heavy atom. The summed E-state index contributed by atoms with van der Waals surface area (Å²) >= 11 is 5.75. The van der Waals surface area contributed by atoms with Crippen molar-refractivity contribution in [1.82, 2.24) is 4.98 Å². The SMILES string of the molecule is [2H]C([2H])N(C(=O)[C@@H]1[C@@H]2OC(C)(C)O[C@@H]2C(=O)N1c1cc(C(F)(F)F)c2c(n1)CC=C2)c1cc(Cl)c(F)cc1F. The number of fused-ring (bicyclic) bond motifs is 2. The number of allylic oxidation sites excluding steroid dienone is 1. The molecule has 5 rings (SSSR count). The van der Waals surface area contributed by atoms with Gasteiger partial charge < -0.3 is 14.4 Å². The number of pyridine rings is 1. The van der Waals surface area contributed by atoms with Gasteiger partial charge in [0.15, 0.2) is 11.9 Å². The topological polar surface area (TPSA) is 72.0 Å². The summed E-state index contributed by atoms with van der Waals surface area (Å²) in [6.07, 6.45) is -4.98. The van der Waals surface area contributed by atoms with Gasteiger partial charge in [-0.1, -0.05) is 23.8 Å². The Labute approximate surface area is 215 Å². The van der Waals surface area contributed by atoms with Crippen LogP contribution in [-0.4, -0.2) is 47.8 Å². The Hall–Kier alpha value is -3.09. The zero-order valence-corrected chi connectivity index (χ0v) is 19.9. The molecule has 13 heteroatoms. The minimum absolute atomic E-state index is 0.00475. The van der Waals surface area contributed by atoms with Crippen molar-refractivity contribution in [3.05, 3.63) is 57.8 Å². The van der Waals surface area contributed by atoms with Gasteiger partial charge >= 0.3 is 6.18 Å². The Balaban J connectivity index is 1.66. The molecule has 1 aromatic carbocycles. The number of benzene rings is 1. The predicted molar refractivity (Wildman–Crippen MR) is 122 cm³/mol. The van der Waals surface area contributed by atoms with E-state index < -0.39 is 82.8 Å². The van der Waals surface area contributed by atoms with Crippen LogP contribution in [0.4, 0.5) is 33.5 Å². The average Bonchev–Trinajstić information content (AvgIpc) is 3.48. The van der Waals surface area contributed by atoms with Crippen LogP contribution >= 0.6 is 11.6 Å². The van der Waals surface area contributed by atoms with Gasteiger partial charge in [0.2, 0.25) is 0 Å². The lowest BCUT2D eigenvalue weighted by molar-refractivity contribution is -0.161. The summed E-state index contributed by atoms with van der Waals surface area (Å²) in [5.74, 6) is -6.68. The number of halogens is 6. The van der Waals surface area contributed by atoms with Gasteiger partial charge in [0, 0.05) is 27.8 Å². The Kier molecular flexibility index (Phi) is 5.28. The number of alkyl halides is 3. The first-order valence-electron chi connectivity index (χ1n) is 12.0. The highest BCUT2D eigenvalue weighted by Gasteiger charge is 2.61. The van der Waals surface area contributed by atoms with Crippen molar-refractivity contribution in [1.29, 1.82) is 0 Å². The van der Waals surface area contributed by atoms with Gasteiger partial charge in [0.25, 0.3) is 11.8 Å². The van der Waals surface area contributed by atoms with Crippen molar-refractivity contribution in [3.63, 3.8) is 0 Å². The van der Waals surface area contributed by atoms with Crippen LogP contribution in [0.1, 0.15) is 33.4 Å². The third-order valence-corrected chi connectivity index (χ3v) is 6.50. The van der Waals surface area contributed by atoms with E-state index in [1.165, 1.54) is 26.0 Å². The van der Waals surface area contributed by atoms with Gasteiger partial charge in [-0.25, -0.2) is 13.8 Å². The quantitative estimate of drug-likeness (QED) is 0.420. The molecule has 7 nitrogen and oxygen atoms in total. The first-order valence-corrected chi connectivity index (χ1v) is 11.3. The molecule has 2 fully saturated rings. The van der Waals surface area contributed by atoms with Crippen LogP contribution in [0, 0.1) is 11.6 Å². The lowest BCUT2D eigenvalue weighted by Crippen LogP contribution is -2.51. The lowest BCUT2D eigenvalue weighted by Gasteiger charge is -2.32. The Morgan fingerprint density at radius 1 is 1.24 bits per heavy atom. The lowest BCUT2D eigenvalue weighted by atomic mass is 10.1. The van der Waals surface area contributed by atoms with Gasteiger partial charge in [-0.15, -0.1) is 0 Å². The van der Waals surface area contributed by atoms with Gasteiger partial charge in [-0.3, -0.25) is 14.5 Å². The highest BCUT2D eigenvalue weighted by molar-refractivity contribution is 6.31. The van der Waals surface area contributed by atoms with Crippen LogP contribution in [-0.2, 0) is 31.7 Å². The van der Waals surface area contributed by atoms with E-state index in [0.29, 0.717) is 28.0 Å². The van der Waals surface area contributed by atoms with Crippen molar-refractivity contribution in [2.24, 2.45) is 0 Å². The minimum atomic E-state index is -4.84. The fraction of sp³-hybridized carbons (Fsp3) is 0.375. The van der Waals surface area contributed by atoms with Gasteiger partial charge in [0.1, 0.15) is 29.6 Å². The molecule has 0 saturated carbocycles. The average molecular weight is 546 g/mol. The number of aromatic nitrogens is 1. The molecule has 2 aromatic rings. The molecule has 0 bridgehead atoms. The molecule has 2 aliphatic heterocycles. The smallest absolute Gasteiger partial charge is 0.341 e. The molecule has 196 valence electrons. The molecule has 1 aromatic heterocycles. The zero-order valence-electron chi connectivity index (χ0n) is 21.1. The highest BCUT2D eigenvalue weighted by atomic mass is 35.5. The summed E-state index contributed by atoms with van der Waals surface area (Å²) in [5.41, 5.74) is -2.03. The van der Waals surface area contributed by atoms with Gasteiger partial charge in [-0.05, 0) is 26.0 Å². The monoisotopic (exact) mass is 545 g/mol. The maximum absolute atomic E-state index is 14.8. The Morgan fingerprint density at radius 2 is 1.97 bits per heavy atom. The number of rotatable bonds is 3. The first kappa shape index (κ1) is 23.1. The summed E-state index contributed by atoms with van der Waals surface area (Å²) < 4.78 is 97.6. The van der Waals surface area contributed by atoms with Crippen molar-refractivity contribution >= 4 is 41.0 Å². The second-order valence-electron chi connectivity index (χ2n) is 9.09. The highest BCUT2D eigenvalue weighted by Crippen LogP contribution is 2.43. The van der Waals surface area contributed by atoms with Crippen LogP contribution in [0.3, 0.4) is 0 Å². The first-order chi connectivity index (χ1) is 18.1. The molecule has 2 amide bonds. The molecule has 3 atom stereocenters. The summed E-state index contributed by atoms with van der Waals surface area (Å²) in [7, 11) is 0. The predicted octanol–water partition coefficient (Wildman–Crippen LogP) is 4.50. The van der Waals surface area contributed by atoms with E-state index >= 15 is 0 Å². The molecular weight excluding hydrogens is 525 g/mol. The molecule has 0 unspecified atom stereocenters. The summed E-state index contributed by atoms with van der Waals surface area (Å²) in [5, 5.41) is -0.619. The van der Waals surface area contributed by atoms with Gasteiger partial charge in [0.05, 0.1) is 22.0 Å². The molecular formula is C24H19ClF5N3O4. The number of hydrogen-bond donors (Lipinski definition) is 0. The summed E-state index contributed by atoms with van der Waals surface area (Å²) in [6.45, 7) is 0.642. The molecule has 1 aliphatic carbocycles. The third-order valence-electron chi connectivity index (χ3n) is 6.21. The third kappa shape index (κ3) is 4.16. The summed E-state index contributed by atoms with van der Waals surface area (Å²) in [4.78, 5) is 32.6. The normalized spacial score (nSPS) is 24.8. The van der Waals surface area contributed by atoms with E-state index in [1.807, 2.05) is 0 Å². The Bertz CT molecular complexity index is 1420. The summed E-state index contributed by atoms with van der Waals surface area (Å²) in [6, 6.07) is -0.177. The molecule has 3 heterocycles. The number of nitrogens with zero attached hydrogens (tertiary/aromatic N) is 3. The molecule has 2 saturated heterocycles. The number of ether oxygens (including phenoxy) is 2. The number of carbonyl (C=O) groups excluding carboxylic acids is 2. The van der Waals surface area contributed by atoms with Crippen molar-refractivity contribution in [2.75, 3.05) is 16.8 Å². The number of anilines is 2. The minimum Gasteiger partial charge on any atom is -0.341 e. The van der Waals surface area contributed by atoms with Crippen molar-refractivity contribution in [3.8, 4) is 0 Å². The van der Waals surface area contributed by atoms with Gasteiger partial charge in [-0.2, -0.15) is 13.2 Å². The van der Waals surface area contributed by atoms with Crippen LogP contribution in [0.25, 0.3) is 6.08 Å². The number of carbonyl (C=O) groups is 2.